The van der Waals surface area contributed by atoms with Crippen LogP contribution in [0, 0.1) is 21.7 Å². The first-order valence-electron chi connectivity index (χ1n) is 19.2. The van der Waals surface area contributed by atoms with Crippen LogP contribution in [-0.2, 0) is 19.2 Å². The number of carboxylic acids is 4. The Labute approximate surface area is 323 Å². The van der Waals surface area contributed by atoms with Gasteiger partial charge in [0.25, 0.3) is 0 Å². The van der Waals surface area contributed by atoms with E-state index in [2.05, 4.69) is 77.0 Å². The van der Waals surface area contributed by atoms with Crippen molar-refractivity contribution < 1.29 is 39.6 Å². The van der Waals surface area contributed by atoms with Gasteiger partial charge < -0.3 is 20.4 Å². The number of nitrogens with zero attached hydrogens (tertiary/aromatic N) is 3. The Morgan fingerprint density at radius 1 is 0.340 bits per heavy atom. The summed E-state index contributed by atoms with van der Waals surface area (Å²) in [5, 5.41) is 40.8. The van der Waals surface area contributed by atoms with Crippen molar-refractivity contribution in [1.82, 2.24) is 14.7 Å². The molecular formula is C42H81N3O8. The highest BCUT2D eigenvalue weighted by Crippen LogP contribution is 2.45. The highest BCUT2D eigenvalue weighted by atomic mass is 16.4. The second-order valence-electron chi connectivity index (χ2n) is 22.3. The summed E-state index contributed by atoms with van der Waals surface area (Å²) in [5.41, 5.74) is -7.96. The molecule has 0 heterocycles. The molecule has 0 spiro atoms. The highest BCUT2D eigenvalue weighted by Gasteiger charge is 2.52. The summed E-state index contributed by atoms with van der Waals surface area (Å²) in [6.45, 7) is 42.0. The molecule has 0 aromatic heterocycles. The fraction of sp³-hybridized carbons (Fsp3) is 0.905. The highest BCUT2D eigenvalue weighted by molar-refractivity contribution is 5.75. The maximum Gasteiger partial charge on any atom is 0.310 e. The van der Waals surface area contributed by atoms with Gasteiger partial charge in [-0.1, -0.05) is 6.92 Å². The number of hydrogen-bond donors (Lipinski definition) is 4. The van der Waals surface area contributed by atoms with Crippen molar-refractivity contribution in [3.8, 4) is 0 Å². The van der Waals surface area contributed by atoms with Crippen LogP contribution in [-0.4, -0.2) is 112 Å². The number of aliphatic carboxylic acids is 4. The lowest BCUT2D eigenvalue weighted by Crippen LogP contribution is -2.69. The van der Waals surface area contributed by atoms with Crippen LogP contribution in [0.15, 0.2) is 0 Å². The lowest BCUT2D eigenvalue weighted by atomic mass is 9.73. The van der Waals surface area contributed by atoms with Crippen molar-refractivity contribution >= 4 is 23.9 Å². The minimum Gasteiger partial charge on any atom is -0.481 e. The minimum absolute atomic E-state index is 0.190. The summed E-state index contributed by atoms with van der Waals surface area (Å²) in [4.78, 5) is 56.6. The zero-order chi connectivity index (χ0) is 43.0. The molecule has 0 saturated heterocycles. The predicted molar refractivity (Wildman–Crippen MR) is 214 cm³/mol. The van der Waals surface area contributed by atoms with Crippen LogP contribution in [0.3, 0.4) is 0 Å². The Morgan fingerprint density at radius 3 is 0.811 bits per heavy atom. The van der Waals surface area contributed by atoms with Gasteiger partial charge in [-0.05, 0) is 164 Å². The zero-order valence-electron chi connectivity index (χ0n) is 37.7. The molecule has 4 N–H and O–H groups in total. The van der Waals surface area contributed by atoms with E-state index in [1.807, 2.05) is 27.7 Å². The SMILES string of the molecule is CCC(C)(C)N(CC(C)(C)N(CC(C)(C)C(=O)O)C(C)(C)CC(C)(C)C(=O)O)C(C)(C)CC(C)(C)N(CC(C)(C)C(=O)O)C(C)(C)CC(C)(C)C(=O)O. The molecule has 312 valence electrons. The van der Waals surface area contributed by atoms with E-state index in [1.54, 1.807) is 55.4 Å². The standard InChI is InChI=1S/C42H81N3O8/c1-22-37(10,11)45(28-42(20,21)44(27-36(8,9)32(52)53)39(14,15)24-34(4,5)30(48)49)41(18,19)25-40(16,17)43(26-35(6,7)31(50)51)38(12,13)23-33(2,3)29(46)47/h22-28H2,1-21H3,(H,46,47)(H,48,49)(H,50,51)(H,52,53). The summed E-state index contributed by atoms with van der Waals surface area (Å²) in [6.07, 6.45) is 1.97. The van der Waals surface area contributed by atoms with E-state index in [1.165, 1.54) is 0 Å². The van der Waals surface area contributed by atoms with Crippen molar-refractivity contribution in [1.29, 1.82) is 0 Å². The molecule has 0 amide bonds. The van der Waals surface area contributed by atoms with Gasteiger partial charge in [-0.3, -0.25) is 33.9 Å². The first-order valence-corrected chi connectivity index (χ1v) is 19.2. The lowest BCUT2D eigenvalue weighted by Gasteiger charge is -2.60. The fourth-order valence-corrected chi connectivity index (χ4v) is 9.09. The van der Waals surface area contributed by atoms with E-state index >= 15 is 0 Å². The average molecular weight is 756 g/mol. The largest absolute Gasteiger partial charge is 0.481 e. The third-order valence-electron chi connectivity index (χ3n) is 11.8. The van der Waals surface area contributed by atoms with Gasteiger partial charge in [-0.15, -0.1) is 0 Å². The van der Waals surface area contributed by atoms with Gasteiger partial charge in [0.1, 0.15) is 0 Å². The van der Waals surface area contributed by atoms with E-state index in [0.717, 1.165) is 6.42 Å². The fourth-order valence-electron chi connectivity index (χ4n) is 9.09. The first kappa shape index (κ1) is 50.8. The molecule has 0 fully saturated rings. The normalized spacial score (nSPS) is 15.0. The van der Waals surface area contributed by atoms with Crippen molar-refractivity contribution in [2.24, 2.45) is 21.7 Å². The molecule has 11 heteroatoms. The zero-order valence-corrected chi connectivity index (χ0v) is 37.7. The van der Waals surface area contributed by atoms with Crippen LogP contribution in [0.25, 0.3) is 0 Å². The van der Waals surface area contributed by atoms with Gasteiger partial charge in [0.2, 0.25) is 0 Å². The predicted octanol–water partition coefficient (Wildman–Crippen LogP) is 8.59. The van der Waals surface area contributed by atoms with E-state index < -0.39 is 73.2 Å². The number of carboxylic acid groups (broad SMARTS) is 4. The summed E-state index contributed by atoms with van der Waals surface area (Å²) in [6, 6.07) is 0. The molecule has 53 heavy (non-hydrogen) atoms. The monoisotopic (exact) mass is 756 g/mol. The average Bonchev–Trinajstić information content (AvgIpc) is 2.91. The molecule has 0 saturated carbocycles. The molecule has 0 aromatic rings. The maximum absolute atomic E-state index is 12.6. The summed E-state index contributed by atoms with van der Waals surface area (Å²) in [7, 11) is 0. The van der Waals surface area contributed by atoms with Crippen LogP contribution in [0.4, 0.5) is 0 Å². The second-order valence-corrected chi connectivity index (χ2v) is 22.3. The van der Waals surface area contributed by atoms with Gasteiger partial charge in [0, 0.05) is 52.9 Å². The van der Waals surface area contributed by atoms with Gasteiger partial charge in [-0.2, -0.15) is 0 Å². The van der Waals surface area contributed by atoms with Gasteiger partial charge >= 0.3 is 23.9 Å². The first-order chi connectivity index (χ1) is 23.0. The number of carbonyl (C=O) groups is 4. The quantitative estimate of drug-likeness (QED) is 0.0791. The van der Waals surface area contributed by atoms with Crippen molar-refractivity contribution in [3.63, 3.8) is 0 Å². The Bertz CT molecular complexity index is 1320. The van der Waals surface area contributed by atoms with E-state index in [4.69, 9.17) is 0 Å². The number of hydrogen-bond acceptors (Lipinski definition) is 7. The Balaban J connectivity index is 7.55. The van der Waals surface area contributed by atoms with Crippen LogP contribution in [0.5, 0.6) is 0 Å². The molecule has 0 aliphatic carbocycles. The van der Waals surface area contributed by atoms with Gasteiger partial charge in [-0.25, -0.2) is 0 Å². The molecule has 0 aliphatic rings. The molecule has 0 aliphatic heterocycles. The van der Waals surface area contributed by atoms with Crippen molar-refractivity contribution in [2.75, 3.05) is 19.6 Å². The summed E-state index contributed by atoms with van der Waals surface area (Å²) in [5.74, 6) is -3.69. The Morgan fingerprint density at radius 2 is 0.566 bits per heavy atom. The number of rotatable bonds is 23. The lowest BCUT2D eigenvalue weighted by molar-refractivity contribution is -0.158. The van der Waals surface area contributed by atoms with Crippen molar-refractivity contribution in [3.05, 3.63) is 0 Å². The molecule has 0 aromatic carbocycles. The maximum atomic E-state index is 12.6. The van der Waals surface area contributed by atoms with E-state index in [-0.39, 0.29) is 25.0 Å². The van der Waals surface area contributed by atoms with Crippen LogP contribution in [0.2, 0.25) is 0 Å². The smallest absolute Gasteiger partial charge is 0.310 e. The molecule has 0 radical (unpaired) electrons. The van der Waals surface area contributed by atoms with Crippen LogP contribution < -0.4 is 0 Å². The van der Waals surface area contributed by atoms with Crippen LogP contribution >= 0.6 is 0 Å². The van der Waals surface area contributed by atoms with Crippen LogP contribution in [0.1, 0.15) is 171 Å². The molecule has 0 unspecified atom stereocenters. The molecule has 0 bridgehead atoms. The Hall–Kier alpha value is -2.24. The Kier molecular flexibility index (Phi) is 15.4. The molecular weight excluding hydrogens is 674 g/mol. The van der Waals surface area contributed by atoms with Crippen molar-refractivity contribution in [2.45, 2.75) is 204 Å². The minimum atomic E-state index is -1.13. The topological polar surface area (TPSA) is 159 Å². The van der Waals surface area contributed by atoms with Gasteiger partial charge in [0.15, 0.2) is 0 Å². The molecule has 11 nitrogen and oxygen atoms in total. The molecule has 0 atom stereocenters. The van der Waals surface area contributed by atoms with E-state index in [9.17, 15) is 39.6 Å². The van der Waals surface area contributed by atoms with Gasteiger partial charge in [0.05, 0.1) is 21.7 Å². The third kappa shape index (κ3) is 12.9. The third-order valence-corrected chi connectivity index (χ3v) is 11.8. The second kappa shape index (κ2) is 16.1. The summed E-state index contributed by atoms with van der Waals surface area (Å²) < 4.78 is 0. The summed E-state index contributed by atoms with van der Waals surface area (Å²) >= 11 is 0. The molecule has 0 rings (SSSR count). The van der Waals surface area contributed by atoms with E-state index in [0.29, 0.717) is 19.4 Å².